The molecule has 0 aliphatic carbocycles. The van der Waals surface area contributed by atoms with Gasteiger partial charge in [-0.1, -0.05) is 78.9 Å². The van der Waals surface area contributed by atoms with Crippen molar-refractivity contribution in [3.8, 4) is 0 Å². The molecule has 4 bridgehead atoms. The number of ketones is 1. The summed E-state index contributed by atoms with van der Waals surface area (Å²) in [5, 5.41) is 1.33. The third-order valence-corrected chi connectivity index (χ3v) is 8.81. The van der Waals surface area contributed by atoms with Crippen LogP contribution in [0.5, 0.6) is 0 Å². The molecular weight excluding hydrogens is 418 g/mol. The van der Waals surface area contributed by atoms with Gasteiger partial charge in [-0.25, -0.2) is 0 Å². The molecule has 0 atom stereocenters. The molecule has 4 fully saturated rings. The van der Waals surface area contributed by atoms with Gasteiger partial charge in [-0.3, -0.25) is 14.6 Å². The topological polar surface area (TPSA) is 28.5 Å². The van der Waals surface area contributed by atoms with E-state index in [1.165, 1.54) is 22.2 Å². The molecule has 0 spiro atoms. The number of Topliss-reactive ketones (excluding diaryl/α,β-unsaturated/α-hetero) is 1. The molecule has 3 aromatic carbocycles. The molecule has 8 rings (SSSR count). The van der Waals surface area contributed by atoms with Gasteiger partial charge in [0.1, 0.15) is 0 Å². The first-order chi connectivity index (χ1) is 16.6. The summed E-state index contributed by atoms with van der Waals surface area (Å²) in [5.41, 5.74) is 5.30. The lowest BCUT2D eigenvalue weighted by molar-refractivity contribution is -0.174. The van der Waals surface area contributed by atoms with E-state index in [0.717, 1.165) is 37.3 Å². The minimum Gasteiger partial charge on any atom is -0.348 e. The lowest BCUT2D eigenvalue weighted by Crippen LogP contribution is -2.79. The van der Waals surface area contributed by atoms with Gasteiger partial charge < -0.3 is 4.57 Å². The average molecular weight is 448 g/mol. The molecule has 0 radical (unpaired) electrons. The summed E-state index contributed by atoms with van der Waals surface area (Å²) >= 11 is 0. The van der Waals surface area contributed by atoms with E-state index in [1.54, 1.807) is 0 Å². The van der Waals surface area contributed by atoms with Crippen molar-refractivity contribution in [3.63, 3.8) is 0 Å². The zero-order valence-electron chi connectivity index (χ0n) is 19.7. The molecule has 34 heavy (non-hydrogen) atoms. The number of nitrogens with zero attached hydrogens (tertiary/aromatic N) is 3. The molecule has 1 aromatic heterocycles. The molecular formula is C30H29N3O. The van der Waals surface area contributed by atoms with E-state index in [4.69, 9.17) is 0 Å². The lowest BCUT2D eigenvalue weighted by atomic mass is 9.55. The molecule has 4 aromatic rings. The van der Waals surface area contributed by atoms with E-state index in [-0.39, 0.29) is 6.17 Å². The number of benzene rings is 3. The molecule has 4 aliphatic rings. The maximum atomic E-state index is 14.5. The fourth-order valence-corrected chi connectivity index (χ4v) is 7.30. The van der Waals surface area contributed by atoms with Crippen LogP contribution in [0.1, 0.15) is 28.6 Å². The molecule has 4 saturated heterocycles. The van der Waals surface area contributed by atoms with Crippen molar-refractivity contribution >= 4 is 16.7 Å². The molecule has 4 nitrogen and oxygen atoms in total. The predicted molar refractivity (Wildman–Crippen MR) is 135 cm³/mol. The smallest absolute Gasteiger partial charge is 0.159 e. The zero-order valence-corrected chi connectivity index (χ0v) is 19.7. The van der Waals surface area contributed by atoms with E-state index < -0.39 is 10.8 Å². The summed E-state index contributed by atoms with van der Waals surface area (Å²) in [7, 11) is 2.17. The van der Waals surface area contributed by atoms with Gasteiger partial charge >= 0.3 is 0 Å². The standard InChI is InChI=1S/C30H29N3O/c1-21-26(24-15-9-10-16-25(24)31(21)2)27-32-17-29(22-11-5-3-6-12-22)18-33(27)20-30(19-32,28(29)34)23-13-7-4-8-14-23/h3-16,27H,17-20H2,1-2H3. The first-order valence-corrected chi connectivity index (χ1v) is 12.2. The minimum absolute atomic E-state index is 0.188. The van der Waals surface area contributed by atoms with E-state index in [9.17, 15) is 4.79 Å². The van der Waals surface area contributed by atoms with E-state index >= 15 is 0 Å². The lowest BCUT2D eigenvalue weighted by Gasteiger charge is -2.66. The van der Waals surface area contributed by atoms with Crippen LogP contribution >= 0.6 is 0 Å². The number of rotatable bonds is 3. The van der Waals surface area contributed by atoms with Gasteiger partial charge in [0.2, 0.25) is 0 Å². The Bertz CT molecular complexity index is 1340. The number of piperidine rings is 2. The first kappa shape index (κ1) is 20.2. The molecule has 4 heteroatoms. The van der Waals surface area contributed by atoms with Crippen molar-refractivity contribution in [3.05, 3.63) is 107 Å². The predicted octanol–water partition coefficient (Wildman–Crippen LogP) is 4.58. The van der Waals surface area contributed by atoms with Crippen LogP contribution < -0.4 is 0 Å². The number of hydrogen-bond acceptors (Lipinski definition) is 3. The van der Waals surface area contributed by atoms with Gasteiger partial charge in [0, 0.05) is 55.4 Å². The number of carbonyl (C=O) groups is 1. The molecule has 4 aliphatic heterocycles. The van der Waals surface area contributed by atoms with Gasteiger partial charge in [-0.05, 0) is 24.1 Å². The Balaban J connectivity index is 1.44. The monoisotopic (exact) mass is 447 g/mol. The van der Waals surface area contributed by atoms with Crippen molar-refractivity contribution in [2.75, 3.05) is 26.2 Å². The second-order valence-electron chi connectivity index (χ2n) is 10.5. The van der Waals surface area contributed by atoms with Crippen molar-refractivity contribution in [1.29, 1.82) is 0 Å². The van der Waals surface area contributed by atoms with Crippen LogP contribution in [0.15, 0.2) is 84.9 Å². The number of aromatic nitrogens is 1. The summed E-state index contributed by atoms with van der Waals surface area (Å²) in [4.78, 5) is 19.7. The average Bonchev–Trinajstić information content (AvgIpc) is 3.12. The molecule has 5 heterocycles. The van der Waals surface area contributed by atoms with Crippen molar-refractivity contribution in [2.24, 2.45) is 7.05 Å². The van der Waals surface area contributed by atoms with Gasteiger partial charge in [-0.2, -0.15) is 0 Å². The highest BCUT2D eigenvalue weighted by Gasteiger charge is 2.67. The van der Waals surface area contributed by atoms with Crippen LogP contribution in [0.25, 0.3) is 10.9 Å². The third kappa shape index (κ3) is 2.42. The second-order valence-corrected chi connectivity index (χ2v) is 10.5. The quantitative estimate of drug-likeness (QED) is 0.460. The number of para-hydroxylation sites is 1. The molecule has 0 unspecified atom stereocenters. The van der Waals surface area contributed by atoms with Crippen LogP contribution in [0.2, 0.25) is 0 Å². The summed E-state index contributed by atoms with van der Waals surface area (Å²) in [6.45, 7) is 5.33. The Morgan fingerprint density at radius 1 is 0.706 bits per heavy atom. The van der Waals surface area contributed by atoms with Gasteiger partial charge in [-0.15, -0.1) is 0 Å². The van der Waals surface area contributed by atoms with Crippen LogP contribution in [0.3, 0.4) is 0 Å². The Labute approximate surface area is 200 Å². The van der Waals surface area contributed by atoms with Crippen molar-refractivity contribution in [1.82, 2.24) is 14.4 Å². The second kappa shape index (κ2) is 6.91. The highest BCUT2D eigenvalue weighted by Crippen LogP contribution is 2.55. The zero-order chi connectivity index (χ0) is 23.1. The van der Waals surface area contributed by atoms with E-state index in [0.29, 0.717) is 5.78 Å². The fourth-order valence-electron chi connectivity index (χ4n) is 7.30. The largest absolute Gasteiger partial charge is 0.348 e. The van der Waals surface area contributed by atoms with Crippen LogP contribution in [-0.4, -0.2) is 46.3 Å². The summed E-state index contributed by atoms with van der Waals surface area (Å²) in [5.74, 6) is 0.401. The number of aryl methyl sites for hydroxylation is 1. The van der Waals surface area contributed by atoms with E-state index in [2.05, 4.69) is 101 Å². The Morgan fingerprint density at radius 2 is 1.18 bits per heavy atom. The fraction of sp³-hybridized carbons (Fsp3) is 0.300. The first-order valence-electron chi connectivity index (χ1n) is 12.2. The van der Waals surface area contributed by atoms with Gasteiger partial charge in [0.05, 0.1) is 17.0 Å². The normalized spacial score (nSPS) is 31.9. The van der Waals surface area contributed by atoms with Crippen LogP contribution in [-0.2, 0) is 22.7 Å². The highest BCUT2D eigenvalue weighted by molar-refractivity contribution is 6.02. The van der Waals surface area contributed by atoms with Gasteiger partial charge in [0.25, 0.3) is 0 Å². The van der Waals surface area contributed by atoms with Crippen molar-refractivity contribution < 1.29 is 4.79 Å². The Morgan fingerprint density at radius 3 is 1.71 bits per heavy atom. The summed E-state index contributed by atoms with van der Waals surface area (Å²) < 4.78 is 2.32. The maximum absolute atomic E-state index is 14.5. The maximum Gasteiger partial charge on any atom is 0.159 e. The Kier molecular flexibility index (Phi) is 4.10. The summed E-state index contributed by atoms with van der Waals surface area (Å²) in [6.07, 6.45) is 0.188. The van der Waals surface area contributed by atoms with Crippen LogP contribution in [0, 0.1) is 6.92 Å². The highest BCUT2D eigenvalue weighted by atomic mass is 16.1. The Hall–Kier alpha value is -3.21. The van der Waals surface area contributed by atoms with Crippen molar-refractivity contribution in [2.45, 2.75) is 23.9 Å². The molecule has 170 valence electrons. The number of carbonyl (C=O) groups excluding carboxylic acids is 1. The SMILES string of the molecule is Cc1c(C2N3CC4(c5ccccc5)CN2CC(c2ccccc2)(C3)C4=O)c2ccccc2n1C. The number of hydrogen-bond donors (Lipinski definition) is 0. The van der Waals surface area contributed by atoms with Gasteiger partial charge in [0.15, 0.2) is 5.78 Å². The minimum atomic E-state index is -0.497. The summed E-state index contributed by atoms with van der Waals surface area (Å²) in [6, 6.07) is 29.8. The number of fused-ring (bicyclic) bond motifs is 1. The van der Waals surface area contributed by atoms with E-state index in [1.807, 2.05) is 12.1 Å². The van der Waals surface area contributed by atoms with Crippen LogP contribution in [0.4, 0.5) is 0 Å². The molecule has 0 N–H and O–H groups in total. The molecule has 0 saturated carbocycles. The third-order valence-electron chi connectivity index (χ3n) is 8.81. The molecule has 0 amide bonds.